The van der Waals surface area contributed by atoms with Crippen LogP contribution in [0.2, 0.25) is 0 Å². The van der Waals surface area contributed by atoms with Crippen molar-refractivity contribution in [1.29, 1.82) is 0 Å². The number of benzene rings is 2. The van der Waals surface area contributed by atoms with Gasteiger partial charge in [0.2, 0.25) is 0 Å². The van der Waals surface area contributed by atoms with E-state index in [4.69, 9.17) is 0 Å². The summed E-state index contributed by atoms with van der Waals surface area (Å²) in [5.74, 6) is 0.310. The molecular weight excluding hydrogens is 210 g/mol. The molecule has 2 N–H and O–H groups in total. The van der Waals surface area contributed by atoms with Crippen LogP contribution in [-0.4, -0.2) is 10.1 Å². The highest BCUT2D eigenvalue weighted by Crippen LogP contribution is 2.28. The SMILES string of the molecule is CC.Cc1ccc2[nH]c3ccc(O)cc3c2c1. The first-order chi connectivity index (χ1) is 8.24. The topological polar surface area (TPSA) is 36.0 Å². The second-order valence-electron chi connectivity index (χ2n) is 3.90. The Morgan fingerprint density at radius 1 is 0.882 bits per heavy atom. The minimum absolute atomic E-state index is 0.310. The van der Waals surface area contributed by atoms with E-state index in [0.717, 1.165) is 16.4 Å². The molecule has 0 bridgehead atoms. The molecule has 3 rings (SSSR count). The lowest BCUT2D eigenvalue weighted by Crippen LogP contribution is -1.71. The third kappa shape index (κ3) is 1.98. The zero-order valence-electron chi connectivity index (χ0n) is 10.4. The van der Waals surface area contributed by atoms with Gasteiger partial charge in [-0.2, -0.15) is 0 Å². The molecule has 2 nitrogen and oxygen atoms in total. The van der Waals surface area contributed by atoms with Gasteiger partial charge in [0.15, 0.2) is 0 Å². The first kappa shape index (κ1) is 11.5. The van der Waals surface area contributed by atoms with Crippen molar-refractivity contribution >= 4 is 21.8 Å². The minimum Gasteiger partial charge on any atom is -0.508 e. The van der Waals surface area contributed by atoms with Crippen molar-refractivity contribution in [3.8, 4) is 5.75 Å². The maximum absolute atomic E-state index is 9.46. The molecule has 0 saturated carbocycles. The normalized spacial score (nSPS) is 10.3. The Bertz CT molecular complexity index is 596. The van der Waals surface area contributed by atoms with E-state index in [9.17, 15) is 5.11 Å². The number of hydrogen-bond acceptors (Lipinski definition) is 1. The number of aryl methyl sites for hydroxylation is 1. The maximum Gasteiger partial charge on any atom is 0.116 e. The molecule has 17 heavy (non-hydrogen) atoms. The number of aromatic nitrogens is 1. The monoisotopic (exact) mass is 227 g/mol. The Labute approximate surface area is 101 Å². The van der Waals surface area contributed by atoms with Crippen molar-refractivity contribution in [2.75, 3.05) is 0 Å². The number of aromatic hydroxyl groups is 1. The summed E-state index contributed by atoms with van der Waals surface area (Å²) in [6, 6.07) is 11.7. The minimum atomic E-state index is 0.310. The Hall–Kier alpha value is -1.96. The zero-order valence-corrected chi connectivity index (χ0v) is 10.4. The van der Waals surface area contributed by atoms with Crippen LogP contribution in [0.1, 0.15) is 19.4 Å². The average molecular weight is 227 g/mol. The molecule has 0 aliphatic carbocycles. The van der Waals surface area contributed by atoms with E-state index in [-0.39, 0.29) is 0 Å². The highest BCUT2D eigenvalue weighted by molar-refractivity contribution is 6.07. The maximum atomic E-state index is 9.46. The summed E-state index contributed by atoms with van der Waals surface area (Å²) < 4.78 is 0. The first-order valence-corrected chi connectivity index (χ1v) is 5.95. The number of phenols is 1. The molecule has 1 heterocycles. The van der Waals surface area contributed by atoms with Crippen LogP contribution in [0.4, 0.5) is 0 Å². The third-order valence-electron chi connectivity index (χ3n) is 2.74. The molecule has 0 amide bonds. The number of fused-ring (bicyclic) bond motifs is 3. The Morgan fingerprint density at radius 3 is 2.18 bits per heavy atom. The quantitative estimate of drug-likeness (QED) is 0.588. The number of phenolic OH excluding ortho intramolecular Hbond substituents is 1. The van der Waals surface area contributed by atoms with Crippen LogP contribution in [0.15, 0.2) is 36.4 Å². The highest BCUT2D eigenvalue weighted by atomic mass is 16.3. The summed E-state index contributed by atoms with van der Waals surface area (Å²) >= 11 is 0. The van der Waals surface area contributed by atoms with Gasteiger partial charge in [-0.1, -0.05) is 25.5 Å². The summed E-state index contributed by atoms with van der Waals surface area (Å²) in [5.41, 5.74) is 3.40. The van der Waals surface area contributed by atoms with E-state index >= 15 is 0 Å². The Balaban J connectivity index is 0.000000514. The van der Waals surface area contributed by atoms with Gasteiger partial charge in [-0.3, -0.25) is 0 Å². The van der Waals surface area contributed by atoms with Gasteiger partial charge in [-0.05, 0) is 37.3 Å². The van der Waals surface area contributed by atoms with Gasteiger partial charge in [0.25, 0.3) is 0 Å². The van der Waals surface area contributed by atoms with Crippen LogP contribution >= 0.6 is 0 Å². The largest absolute Gasteiger partial charge is 0.508 e. The van der Waals surface area contributed by atoms with E-state index in [2.05, 4.69) is 30.1 Å². The fourth-order valence-corrected chi connectivity index (χ4v) is 2.00. The van der Waals surface area contributed by atoms with Crippen molar-refractivity contribution in [2.45, 2.75) is 20.8 Å². The molecule has 0 unspecified atom stereocenters. The molecular formula is C15H17NO. The van der Waals surface area contributed by atoms with Crippen LogP contribution in [0.5, 0.6) is 5.75 Å². The number of aromatic amines is 1. The van der Waals surface area contributed by atoms with Gasteiger partial charge in [0.1, 0.15) is 5.75 Å². The Morgan fingerprint density at radius 2 is 1.47 bits per heavy atom. The second kappa shape index (κ2) is 4.50. The summed E-state index contributed by atoms with van der Waals surface area (Å²) in [7, 11) is 0. The molecule has 2 aromatic carbocycles. The molecule has 0 radical (unpaired) electrons. The smallest absolute Gasteiger partial charge is 0.116 e. The summed E-state index contributed by atoms with van der Waals surface area (Å²) in [6.45, 7) is 6.07. The molecule has 3 aromatic rings. The fourth-order valence-electron chi connectivity index (χ4n) is 2.00. The summed E-state index contributed by atoms with van der Waals surface area (Å²) in [4.78, 5) is 3.32. The lowest BCUT2D eigenvalue weighted by molar-refractivity contribution is 0.476. The van der Waals surface area contributed by atoms with Crippen LogP contribution in [0.3, 0.4) is 0 Å². The molecule has 0 fully saturated rings. The van der Waals surface area contributed by atoms with Crippen LogP contribution in [-0.2, 0) is 0 Å². The lowest BCUT2D eigenvalue weighted by Gasteiger charge is -1.94. The van der Waals surface area contributed by atoms with Gasteiger partial charge in [-0.25, -0.2) is 0 Å². The molecule has 2 heteroatoms. The first-order valence-electron chi connectivity index (χ1n) is 5.95. The van der Waals surface area contributed by atoms with Crippen LogP contribution in [0, 0.1) is 6.92 Å². The Kier molecular flexibility index (Phi) is 3.05. The van der Waals surface area contributed by atoms with Crippen molar-refractivity contribution in [1.82, 2.24) is 4.98 Å². The van der Waals surface area contributed by atoms with Crippen molar-refractivity contribution in [3.63, 3.8) is 0 Å². The van der Waals surface area contributed by atoms with Gasteiger partial charge >= 0.3 is 0 Å². The van der Waals surface area contributed by atoms with Crippen molar-refractivity contribution in [2.24, 2.45) is 0 Å². The molecule has 0 saturated heterocycles. The van der Waals surface area contributed by atoms with E-state index in [1.54, 1.807) is 12.1 Å². The molecule has 88 valence electrons. The lowest BCUT2D eigenvalue weighted by atomic mass is 10.1. The standard InChI is InChI=1S/C13H11NO.C2H6/c1-8-2-4-12-10(6-8)11-7-9(15)3-5-13(11)14-12;1-2/h2-7,14-15H,1H3;1-2H3. The highest BCUT2D eigenvalue weighted by Gasteiger charge is 2.04. The number of nitrogens with one attached hydrogen (secondary N) is 1. The molecule has 0 aliphatic rings. The van der Waals surface area contributed by atoms with Crippen LogP contribution in [0.25, 0.3) is 21.8 Å². The van der Waals surface area contributed by atoms with Gasteiger partial charge in [-0.15, -0.1) is 0 Å². The molecule has 0 spiro atoms. The summed E-state index contributed by atoms with van der Waals surface area (Å²) in [6.07, 6.45) is 0. The van der Waals surface area contributed by atoms with Gasteiger partial charge in [0.05, 0.1) is 0 Å². The van der Waals surface area contributed by atoms with Gasteiger partial charge < -0.3 is 10.1 Å². The zero-order chi connectivity index (χ0) is 12.4. The van der Waals surface area contributed by atoms with Crippen molar-refractivity contribution in [3.05, 3.63) is 42.0 Å². The predicted molar refractivity (Wildman–Crippen MR) is 73.6 cm³/mol. The van der Waals surface area contributed by atoms with E-state index in [1.807, 2.05) is 19.9 Å². The predicted octanol–water partition coefficient (Wildman–Crippen LogP) is 4.36. The summed E-state index contributed by atoms with van der Waals surface area (Å²) in [5, 5.41) is 11.7. The van der Waals surface area contributed by atoms with E-state index in [1.165, 1.54) is 10.9 Å². The van der Waals surface area contributed by atoms with E-state index < -0.39 is 0 Å². The molecule has 0 atom stereocenters. The third-order valence-corrected chi connectivity index (χ3v) is 2.74. The van der Waals surface area contributed by atoms with Gasteiger partial charge in [0, 0.05) is 21.8 Å². The van der Waals surface area contributed by atoms with E-state index in [0.29, 0.717) is 5.75 Å². The number of rotatable bonds is 0. The number of hydrogen-bond donors (Lipinski definition) is 2. The average Bonchev–Trinajstić information content (AvgIpc) is 2.69. The molecule has 0 aliphatic heterocycles. The second-order valence-corrected chi connectivity index (χ2v) is 3.90. The van der Waals surface area contributed by atoms with Crippen LogP contribution < -0.4 is 0 Å². The van der Waals surface area contributed by atoms with Crippen molar-refractivity contribution < 1.29 is 5.11 Å². The number of H-pyrrole nitrogens is 1. The molecule has 1 aromatic heterocycles. The fraction of sp³-hybridized carbons (Fsp3) is 0.200.